The highest BCUT2D eigenvalue weighted by Gasteiger charge is 2.15. The number of rotatable bonds is 10. The number of nitrogens with one attached hydrogen (secondary N) is 4. The lowest BCUT2D eigenvalue weighted by Gasteiger charge is -2.12. The Bertz CT molecular complexity index is 2600. The van der Waals surface area contributed by atoms with E-state index in [0.717, 1.165) is 60.9 Å². The second kappa shape index (κ2) is 14.3. The average molecular weight is 721 g/mol. The number of imidazole rings is 2. The Balaban J connectivity index is 0.966. The SMILES string of the molecule is Cc1ccc2nc(SCC(=O)Nc3ccc(-c4nc(-c5ccccc5)c5cc(NC(=O)CSc6nc7ccc(C)cc7[nH]6)ccc5n4)cc3)[nH]c2c1. The van der Waals surface area contributed by atoms with Gasteiger partial charge < -0.3 is 20.6 Å². The second-order valence-electron chi connectivity index (χ2n) is 12.4. The minimum atomic E-state index is -0.143. The minimum absolute atomic E-state index is 0.131. The topological polar surface area (TPSA) is 141 Å². The number of carbonyl (C=O) groups excluding carboxylic acids is 2. The maximum Gasteiger partial charge on any atom is 0.234 e. The van der Waals surface area contributed by atoms with Crippen molar-refractivity contribution in [2.75, 3.05) is 22.1 Å². The van der Waals surface area contributed by atoms with E-state index in [4.69, 9.17) is 9.97 Å². The Morgan fingerprint density at radius 3 is 1.75 bits per heavy atom. The van der Waals surface area contributed by atoms with Crippen LogP contribution in [0.4, 0.5) is 11.4 Å². The van der Waals surface area contributed by atoms with Crippen LogP contribution in [0.25, 0.3) is 55.6 Å². The zero-order valence-electron chi connectivity index (χ0n) is 28.2. The molecule has 0 bridgehead atoms. The number of aryl methyl sites for hydroxylation is 2. The molecule has 0 radical (unpaired) electrons. The molecule has 10 nitrogen and oxygen atoms in total. The molecule has 5 aromatic carbocycles. The van der Waals surface area contributed by atoms with Gasteiger partial charge in [-0.2, -0.15) is 0 Å². The van der Waals surface area contributed by atoms with E-state index < -0.39 is 0 Å². The van der Waals surface area contributed by atoms with Crippen LogP contribution in [0.5, 0.6) is 0 Å². The highest BCUT2D eigenvalue weighted by molar-refractivity contribution is 8.00. The maximum atomic E-state index is 13.0. The van der Waals surface area contributed by atoms with Gasteiger partial charge in [-0.05, 0) is 91.7 Å². The minimum Gasteiger partial charge on any atom is -0.333 e. The first-order valence-electron chi connectivity index (χ1n) is 16.6. The van der Waals surface area contributed by atoms with Gasteiger partial charge in [0.15, 0.2) is 16.1 Å². The molecule has 2 amide bonds. The van der Waals surface area contributed by atoms with Gasteiger partial charge in [0.05, 0.1) is 44.8 Å². The predicted octanol–water partition coefficient (Wildman–Crippen LogP) is 8.79. The van der Waals surface area contributed by atoms with E-state index in [0.29, 0.717) is 27.5 Å². The molecule has 4 N–H and O–H groups in total. The number of benzene rings is 5. The van der Waals surface area contributed by atoms with Gasteiger partial charge in [0.1, 0.15) is 0 Å². The van der Waals surface area contributed by atoms with Crippen LogP contribution in [0.1, 0.15) is 11.1 Å². The number of thioether (sulfide) groups is 2. The van der Waals surface area contributed by atoms with Crippen LogP contribution in [0.2, 0.25) is 0 Å². The lowest BCUT2D eigenvalue weighted by molar-refractivity contribution is -0.114. The number of aromatic amines is 2. The fourth-order valence-electron chi connectivity index (χ4n) is 5.85. The zero-order chi connectivity index (χ0) is 35.6. The van der Waals surface area contributed by atoms with E-state index >= 15 is 0 Å². The van der Waals surface area contributed by atoms with Crippen LogP contribution >= 0.6 is 23.5 Å². The van der Waals surface area contributed by atoms with E-state index in [1.165, 1.54) is 23.5 Å². The van der Waals surface area contributed by atoms with Gasteiger partial charge in [-0.15, -0.1) is 0 Å². The number of hydrogen-bond donors (Lipinski definition) is 4. The van der Waals surface area contributed by atoms with E-state index in [2.05, 4.69) is 30.6 Å². The molecule has 8 aromatic rings. The van der Waals surface area contributed by atoms with E-state index in [-0.39, 0.29) is 23.3 Å². The average Bonchev–Trinajstić information content (AvgIpc) is 3.76. The third-order valence-corrected chi connectivity index (χ3v) is 10.1. The first-order valence-corrected chi connectivity index (χ1v) is 18.6. The molecule has 0 fully saturated rings. The number of H-pyrrole nitrogens is 2. The van der Waals surface area contributed by atoms with Crippen molar-refractivity contribution >= 4 is 79.7 Å². The Morgan fingerprint density at radius 2 is 1.13 bits per heavy atom. The monoisotopic (exact) mass is 720 g/mol. The van der Waals surface area contributed by atoms with Crippen LogP contribution in [0.3, 0.4) is 0 Å². The quantitative estimate of drug-likeness (QED) is 0.103. The van der Waals surface area contributed by atoms with Gasteiger partial charge >= 0.3 is 0 Å². The number of nitrogens with zero attached hydrogens (tertiary/aromatic N) is 4. The van der Waals surface area contributed by atoms with E-state index in [9.17, 15) is 9.59 Å². The molecule has 8 rings (SSSR count). The first kappa shape index (κ1) is 33.2. The lowest BCUT2D eigenvalue weighted by Crippen LogP contribution is -2.14. The third kappa shape index (κ3) is 7.39. The van der Waals surface area contributed by atoms with Crippen molar-refractivity contribution in [2.45, 2.75) is 24.2 Å². The number of fused-ring (bicyclic) bond motifs is 3. The fraction of sp³-hybridized carbons (Fsp3) is 0.100. The van der Waals surface area contributed by atoms with Gasteiger partial charge in [0.25, 0.3) is 0 Å². The van der Waals surface area contributed by atoms with Crippen molar-refractivity contribution in [3.05, 3.63) is 120 Å². The van der Waals surface area contributed by atoms with E-state index in [1.54, 1.807) is 0 Å². The van der Waals surface area contributed by atoms with Gasteiger partial charge in [0, 0.05) is 27.9 Å². The summed E-state index contributed by atoms with van der Waals surface area (Å²) in [5.74, 6) is 0.698. The molecule has 3 aromatic heterocycles. The Morgan fingerprint density at radius 1 is 0.577 bits per heavy atom. The zero-order valence-corrected chi connectivity index (χ0v) is 29.9. The lowest BCUT2D eigenvalue weighted by atomic mass is 10.0. The van der Waals surface area contributed by atoms with Crippen LogP contribution in [0, 0.1) is 13.8 Å². The molecule has 52 heavy (non-hydrogen) atoms. The molecule has 12 heteroatoms. The van der Waals surface area contributed by atoms with Gasteiger partial charge in [-0.1, -0.05) is 66.0 Å². The highest BCUT2D eigenvalue weighted by atomic mass is 32.2. The number of carbonyl (C=O) groups is 2. The number of hydrogen-bond acceptors (Lipinski definition) is 8. The normalized spacial score (nSPS) is 11.3. The predicted molar refractivity (Wildman–Crippen MR) is 211 cm³/mol. The Kier molecular flexibility index (Phi) is 9.14. The summed E-state index contributed by atoms with van der Waals surface area (Å²) in [6.45, 7) is 4.07. The third-order valence-electron chi connectivity index (χ3n) is 8.36. The summed E-state index contributed by atoms with van der Waals surface area (Å²) in [6, 6.07) is 35.1. The summed E-state index contributed by atoms with van der Waals surface area (Å²) in [6.07, 6.45) is 0. The standard InChI is InChI=1S/C40H32N8O2S2/c1-23-8-15-31-33(18-23)46-39(44-31)51-21-35(49)41-27-12-10-26(11-13-27)38-43-30-17-14-28(20-29(30)37(48-38)25-6-4-3-5-7-25)42-36(50)22-52-40-45-32-16-9-24(2)19-34(32)47-40/h3-20H,21-22H2,1-2H3,(H,41,49)(H,42,50)(H,44,46)(H,45,47). The number of amides is 2. The Hall–Kier alpha value is -5.98. The summed E-state index contributed by atoms with van der Waals surface area (Å²) in [7, 11) is 0. The number of aromatic nitrogens is 6. The second-order valence-corrected chi connectivity index (χ2v) is 14.3. The summed E-state index contributed by atoms with van der Waals surface area (Å²) in [4.78, 5) is 51.4. The van der Waals surface area contributed by atoms with Crippen molar-refractivity contribution < 1.29 is 9.59 Å². The van der Waals surface area contributed by atoms with Crippen LogP contribution < -0.4 is 10.6 Å². The molecule has 0 saturated carbocycles. The fourth-order valence-corrected chi connectivity index (χ4v) is 7.22. The summed E-state index contributed by atoms with van der Waals surface area (Å²) < 4.78 is 0. The van der Waals surface area contributed by atoms with Crippen molar-refractivity contribution in [1.82, 2.24) is 29.9 Å². The maximum absolute atomic E-state index is 13.0. The Labute approximate surface area is 307 Å². The highest BCUT2D eigenvalue weighted by Crippen LogP contribution is 2.32. The molecular weight excluding hydrogens is 689 g/mol. The van der Waals surface area contributed by atoms with Crippen molar-refractivity contribution in [2.24, 2.45) is 0 Å². The van der Waals surface area contributed by atoms with E-state index in [1.807, 2.05) is 123 Å². The molecule has 3 heterocycles. The van der Waals surface area contributed by atoms with Crippen LogP contribution in [-0.4, -0.2) is 53.2 Å². The van der Waals surface area contributed by atoms with Crippen LogP contribution in [-0.2, 0) is 9.59 Å². The molecule has 0 atom stereocenters. The van der Waals surface area contributed by atoms with Gasteiger partial charge in [0.2, 0.25) is 11.8 Å². The van der Waals surface area contributed by atoms with Crippen molar-refractivity contribution in [1.29, 1.82) is 0 Å². The summed E-state index contributed by atoms with van der Waals surface area (Å²) in [5.41, 5.74) is 10.5. The molecule has 0 unspecified atom stereocenters. The molecule has 0 aliphatic heterocycles. The molecule has 256 valence electrons. The summed E-state index contributed by atoms with van der Waals surface area (Å²) in [5, 5.41) is 8.20. The molecule has 0 aliphatic carbocycles. The largest absolute Gasteiger partial charge is 0.333 e. The molecule has 0 aliphatic rings. The summed E-state index contributed by atoms with van der Waals surface area (Å²) >= 11 is 2.72. The van der Waals surface area contributed by atoms with Gasteiger partial charge in [-0.25, -0.2) is 19.9 Å². The first-order chi connectivity index (χ1) is 25.3. The van der Waals surface area contributed by atoms with Gasteiger partial charge in [-0.3, -0.25) is 9.59 Å². The smallest absolute Gasteiger partial charge is 0.234 e. The molecule has 0 spiro atoms. The number of anilines is 2. The molecular formula is C40H32N8O2S2. The molecule has 0 saturated heterocycles. The van der Waals surface area contributed by atoms with Crippen molar-refractivity contribution in [3.8, 4) is 22.6 Å². The van der Waals surface area contributed by atoms with Crippen LogP contribution in [0.15, 0.2) is 120 Å². The van der Waals surface area contributed by atoms with Crippen molar-refractivity contribution in [3.63, 3.8) is 0 Å².